The second-order valence-electron chi connectivity index (χ2n) is 8.10. The van der Waals surface area contributed by atoms with Gasteiger partial charge in [0.25, 0.3) is 0 Å². The highest BCUT2D eigenvalue weighted by atomic mass is 16.3. The summed E-state index contributed by atoms with van der Waals surface area (Å²) in [6.45, 7) is 4.21. The molecule has 5 nitrogen and oxygen atoms in total. The number of nitrogens with one attached hydrogen (secondary N) is 1. The largest absolute Gasteiger partial charge is 0.508 e. The Labute approximate surface area is 181 Å². The number of benzene rings is 3. The first-order valence-corrected chi connectivity index (χ1v) is 10.4. The number of fused-ring (bicyclic) bond motifs is 1. The number of phenols is 1. The summed E-state index contributed by atoms with van der Waals surface area (Å²) in [7, 11) is 0. The normalized spacial score (nSPS) is 11.1. The molecular weight excluding hydrogens is 386 g/mol. The summed E-state index contributed by atoms with van der Waals surface area (Å²) < 4.78 is 0. The summed E-state index contributed by atoms with van der Waals surface area (Å²) in [5, 5.41) is 14.7. The summed E-state index contributed by atoms with van der Waals surface area (Å²) in [5.41, 5.74) is 3.29. The highest BCUT2D eigenvalue weighted by Gasteiger charge is 2.14. The van der Waals surface area contributed by atoms with Crippen molar-refractivity contribution >= 4 is 22.5 Å². The van der Waals surface area contributed by atoms with Gasteiger partial charge in [-0.1, -0.05) is 56.3 Å². The average molecular weight is 412 g/mol. The minimum absolute atomic E-state index is 0.119. The highest BCUT2D eigenvalue weighted by Crippen LogP contribution is 2.24. The maximum Gasteiger partial charge on any atom is 0.229 e. The number of aromatic nitrogens is 2. The van der Waals surface area contributed by atoms with Gasteiger partial charge < -0.3 is 10.4 Å². The molecule has 1 heterocycles. The number of anilines is 1. The van der Waals surface area contributed by atoms with Crippen LogP contribution in [0, 0.1) is 5.92 Å². The van der Waals surface area contributed by atoms with Crippen molar-refractivity contribution in [2.24, 2.45) is 5.92 Å². The van der Waals surface area contributed by atoms with Crippen LogP contribution >= 0.6 is 0 Å². The van der Waals surface area contributed by atoms with E-state index in [4.69, 9.17) is 4.98 Å². The molecule has 5 heteroatoms. The Bertz CT molecular complexity index is 1220. The lowest BCUT2D eigenvalue weighted by Gasteiger charge is -2.13. The van der Waals surface area contributed by atoms with Gasteiger partial charge in [0.1, 0.15) is 5.75 Å². The number of aromatic hydroxyl groups is 1. The van der Waals surface area contributed by atoms with E-state index in [9.17, 15) is 9.90 Å². The quantitative estimate of drug-likeness (QED) is 0.446. The molecule has 1 aromatic heterocycles. The molecule has 0 bridgehead atoms. The van der Waals surface area contributed by atoms with Crippen LogP contribution in [-0.2, 0) is 17.6 Å². The maximum atomic E-state index is 12.7. The fourth-order valence-corrected chi connectivity index (χ4v) is 3.54. The first-order valence-electron chi connectivity index (χ1n) is 10.4. The third-order valence-electron chi connectivity index (χ3n) is 5.05. The number of carbonyl (C=O) groups excluding carboxylic acids is 1. The van der Waals surface area contributed by atoms with Crippen molar-refractivity contribution in [2.45, 2.75) is 26.7 Å². The number of nitrogens with zero attached hydrogens (tertiary/aromatic N) is 2. The van der Waals surface area contributed by atoms with Gasteiger partial charge in [-0.25, -0.2) is 9.97 Å². The monoisotopic (exact) mass is 411 g/mol. The Morgan fingerprint density at radius 1 is 1.00 bits per heavy atom. The Morgan fingerprint density at radius 2 is 1.74 bits per heavy atom. The van der Waals surface area contributed by atoms with Gasteiger partial charge in [-0.2, -0.15) is 0 Å². The van der Waals surface area contributed by atoms with E-state index in [0.717, 1.165) is 27.6 Å². The number of hydrogen-bond acceptors (Lipinski definition) is 4. The van der Waals surface area contributed by atoms with Crippen molar-refractivity contribution in [1.82, 2.24) is 9.97 Å². The molecule has 0 saturated heterocycles. The molecule has 2 N–H and O–H groups in total. The summed E-state index contributed by atoms with van der Waals surface area (Å²) in [5.74, 6) is 0.950. The van der Waals surface area contributed by atoms with Crippen molar-refractivity contribution in [3.8, 4) is 17.0 Å². The summed E-state index contributed by atoms with van der Waals surface area (Å²) in [6, 6.07) is 21.0. The second kappa shape index (κ2) is 8.96. The van der Waals surface area contributed by atoms with E-state index in [1.165, 1.54) is 0 Å². The van der Waals surface area contributed by atoms with Crippen LogP contribution < -0.4 is 5.32 Å². The van der Waals surface area contributed by atoms with Gasteiger partial charge in [0.2, 0.25) is 5.91 Å². The van der Waals surface area contributed by atoms with Crippen LogP contribution in [0.3, 0.4) is 0 Å². The molecule has 31 heavy (non-hydrogen) atoms. The Hall–Kier alpha value is -3.73. The SMILES string of the molecule is CC(C)Cc1nc(-c2ccc(O)cc2)cnc1NC(=O)Cc1ccc2ccccc2c1. The Kier molecular flexibility index (Phi) is 5.94. The van der Waals surface area contributed by atoms with Crippen LogP contribution in [0.1, 0.15) is 25.1 Å². The average Bonchev–Trinajstić information content (AvgIpc) is 2.75. The summed E-state index contributed by atoms with van der Waals surface area (Å²) in [4.78, 5) is 22.0. The van der Waals surface area contributed by atoms with Crippen LogP contribution in [0.4, 0.5) is 5.82 Å². The summed E-state index contributed by atoms with van der Waals surface area (Å²) >= 11 is 0. The minimum Gasteiger partial charge on any atom is -0.508 e. The van der Waals surface area contributed by atoms with E-state index in [2.05, 4.69) is 30.2 Å². The Balaban J connectivity index is 1.55. The molecule has 0 aliphatic carbocycles. The minimum atomic E-state index is -0.119. The maximum absolute atomic E-state index is 12.7. The zero-order valence-corrected chi connectivity index (χ0v) is 17.7. The van der Waals surface area contributed by atoms with Crippen molar-refractivity contribution < 1.29 is 9.90 Å². The van der Waals surface area contributed by atoms with Gasteiger partial charge in [-0.05, 0) is 52.9 Å². The van der Waals surface area contributed by atoms with E-state index in [-0.39, 0.29) is 18.1 Å². The number of carbonyl (C=O) groups is 1. The third-order valence-corrected chi connectivity index (χ3v) is 5.05. The van der Waals surface area contributed by atoms with Crippen molar-refractivity contribution in [3.05, 3.63) is 84.2 Å². The first kappa shape index (κ1) is 20.5. The van der Waals surface area contributed by atoms with Crippen LogP contribution in [0.15, 0.2) is 72.9 Å². The molecule has 4 aromatic rings. The lowest BCUT2D eigenvalue weighted by Crippen LogP contribution is -2.18. The molecule has 156 valence electrons. The zero-order valence-electron chi connectivity index (χ0n) is 17.7. The fourth-order valence-electron chi connectivity index (χ4n) is 3.54. The van der Waals surface area contributed by atoms with Gasteiger partial charge in [-0.3, -0.25) is 4.79 Å². The van der Waals surface area contributed by atoms with Crippen LogP contribution in [0.25, 0.3) is 22.0 Å². The van der Waals surface area contributed by atoms with Gasteiger partial charge >= 0.3 is 0 Å². The fraction of sp³-hybridized carbons (Fsp3) is 0.192. The molecule has 0 saturated carbocycles. The molecule has 3 aromatic carbocycles. The molecule has 0 fully saturated rings. The van der Waals surface area contributed by atoms with Gasteiger partial charge in [0.05, 0.1) is 24.0 Å². The predicted octanol–water partition coefficient (Wildman–Crippen LogP) is 5.38. The van der Waals surface area contributed by atoms with Crippen molar-refractivity contribution in [3.63, 3.8) is 0 Å². The van der Waals surface area contributed by atoms with Gasteiger partial charge in [-0.15, -0.1) is 0 Å². The van der Waals surface area contributed by atoms with Crippen molar-refractivity contribution in [1.29, 1.82) is 0 Å². The molecule has 0 radical (unpaired) electrons. The van der Waals surface area contributed by atoms with E-state index >= 15 is 0 Å². The van der Waals surface area contributed by atoms with Crippen LogP contribution in [-0.4, -0.2) is 21.0 Å². The Morgan fingerprint density at radius 3 is 2.48 bits per heavy atom. The number of hydrogen-bond donors (Lipinski definition) is 2. The first-order chi connectivity index (χ1) is 15.0. The number of phenolic OH excluding ortho intramolecular Hbond substituents is 1. The molecule has 0 atom stereocenters. The molecule has 0 aliphatic heterocycles. The molecule has 0 unspecified atom stereocenters. The molecular formula is C26H25N3O2. The molecule has 4 rings (SSSR count). The third kappa shape index (κ3) is 5.07. The number of rotatable bonds is 6. The van der Waals surface area contributed by atoms with E-state index in [1.54, 1.807) is 30.5 Å². The molecule has 1 amide bonds. The van der Waals surface area contributed by atoms with Gasteiger partial charge in [0, 0.05) is 5.56 Å². The lowest BCUT2D eigenvalue weighted by atomic mass is 10.0. The zero-order chi connectivity index (χ0) is 21.8. The summed E-state index contributed by atoms with van der Waals surface area (Å²) in [6.07, 6.45) is 2.62. The standard InChI is InChI=1S/C26H25N3O2/c1-17(2)13-23-26(27-16-24(28-23)20-9-11-22(30)12-10-20)29-25(31)15-18-7-8-19-5-3-4-6-21(19)14-18/h3-12,14,16-17,30H,13,15H2,1-2H3,(H,27,29,31). The molecule has 0 aliphatic rings. The van der Waals surface area contributed by atoms with Crippen molar-refractivity contribution in [2.75, 3.05) is 5.32 Å². The predicted molar refractivity (Wildman–Crippen MR) is 124 cm³/mol. The molecule has 0 spiro atoms. The van der Waals surface area contributed by atoms with E-state index in [0.29, 0.717) is 23.9 Å². The van der Waals surface area contributed by atoms with E-state index in [1.807, 2.05) is 36.4 Å². The lowest BCUT2D eigenvalue weighted by molar-refractivity contribution is -0.115. The highest BCUT2D eigenvalue weighted by molar-refractivity contribution is 5.93. The second-order valence-corrected chi connectivity index (χ2v) is 8.10. The van der Waals surface area contributed by atoms with E-state index < -0.39 is 0 Å². The number of amides is 1. The van der Waals surface area contributed by atoms with Crippen LogP contribution in [0.2, 0.25) is 0 Å². The topological polar surface area (TPSA) is 75.1 Å². The van der Waals surface area contributed by atoms with Crippen LogP contribution in [0.5, 0.6) is 5.75 Å². The smallest absolute Gasteiger partial charge is 0.229 e. The van der Waals surface area contributed by atoms with Gasteiger partial charge in [0.15, 0.2) is 5.82 Å².